The Kier molecular flexibility index (Phi) is 6.41. The maximum absolute atomic E-state index is 8.53. The number of hydrogen-bond donors (Lipinski definition) is 0. The van der Waals surface area contributed by atoms with Gasteiger partial charge in [-0.3, -0.25) is 4.90 Å². The third-order valence-electron chi connectivity index (χ3n) is 1.78. The summed E-state index contributed by atoms with van der Waals surface area (Å²) < 4.78 is 0. The van der Waals surface area contributed by atoms with E-state index in [0.29, 0.717) is 6.54 Å². The minimum atomic E-state index is 0.521. The largest absolute Gasteiger partial charge is 0.287 e. The average molecular weight is 166 g/mol. The van der Waals surface area contributed by atoms with Gasteiger partial charge in [0.1, 0.15) is 0 Å². The van der Waals surface area contributed by atoms with Gasteiger partial charge in [0.2, 0.25) is 0 Å². The Morgan fingerprint density at radius 1 is 1.50 bits per heavy atom. The van der Waals surface area contributed by atoms with Crippen LogP contribution in [0.4, 0.5) is 0 Å². The van der Waals surface area contributed by atoms with E-state index in [1.165, 1.54) is 5.57 Å². The molecule has 2 heteroatoms. The van der Waals surface area contributed by atoms with Crippen molar-refractivity contribution in [3.05, 3.63) is 12.2 Å². The predicted molar refractivity (Wildman–Crippen MR) is 51.8 cm³/mol. The van der Waals surface area contributed by atoms with Crippen LogP contribution in [0.2, 0.25) is 0 Å². The summed E-state index contributed by atoms with van der Waals surface area (Å²) in [7, 11) is 0. The number of nitrogens with zero attached hydrogens (tertiary/aromatic N) is 2. The Hall–Kier alpha value is -0.810. The first kappa shape index (κ1) is 11.2. The monoisotopic (exact) mass is 166 g/mol. The van der Waals surface area contributed by atoms with Gasteiger partial charge in [-0.25, -0.2) is 0 Å². The fourth-order valence-corrected chi connectivity index (χ4v) is 1.06. The summed E-state index contributed by atoms with van der Waals surface area (Å²) in [4.78, 5) is 2.13. The summed E-state index contributed by atoms with van der Waals surface area (Å²) in [6, 6.07) is 2.17. The third-order valence-corrected chi connectivity index (χ3v) is 1.78. The molecule has 0 aliphatic carbocycles. The fourth-order valence-electron chi connectivity index (χ4n) is 1.06. The zero-order valence-corrected chi connectivity index (χ0v) is 8.14. The molecule has 0 radical (unpaired) electrons. The van der Waals surface area contributed by atoms with E-state index in [9.17, 15) is 0 Å². The highest BCUT2D eigenvalue weighted by atomic mass is 15.1. The lowest BCUT2D eigenvalue weighted by Crippen LogP contribution is -2.26. The van der Waals surface area contributed by atoms with Crippen molar-refractivity contribution in [1.29, 1.82) is 5.26 Å². The Morgan fingerprint density at radius 2 is 2.17 bits per heavy atom. The van der Waals surface area contributed by atoms with Crippen LogP contribution in [0.25, 0.3) is 0 Å². The van der Waals surface area contributed by atoms with E-state index in [4.69, 9.17) is 5.26 Å². The van der Waals surface area contributed by atoms with Crippen molar-refractivity contribution < 1.29 is 0 Å². The van der Waals surface area contributed by atoms with E-state index >= 15 is 0 Å². The van der Waals surface area contributed by atoms with Crippen molar-refractivity contribution in [1.82, 2.24) is 4.90 Å². The molecule has 0 N–H and O–H groups in total. The van der Waals surface area contributed by atoms with Crippen LogP contribution in [0.5, 0.6) is 0 Å². The smallest absolute Gasteiger partial charge is 0.0868 e. The molecule has 0 saturated carbocycles. The molecule has 0 aromatic rings. The maximum Gasteiger partial charge on any atom is 0.0868 e. The highest BCUT2D eigenvalue weighted by Gasteiger charge is 2.02. The van der Waals surface area contributed by atoms with E-state index < -0.39 is 0 Å². The second kappa shape index (κ2) is 6.87. The molecule has 0 aromatic heterocycles. The minimum Gasteiger partial charge on any atom is -0.287 e. The first-order valence-corrected chi connectivity index (χ1v) is 4.50. The van der Waals surface area contributed by atoms with Crippen molar-refractivity contribution in [3.8, 4) is 6.07 Å². The van der Waals surface area contributed by atoms with Crippen molar-refractivity contribution in [2.45, 2.75) is 26.7 Å². The molecule has 0 spiro atoms. The lowest BCUT2D eigenvalue weighted by atomic mass is 10.2. The van der Waals surface area contributed by atoms with Gasteiger partial charge >= 0.3 is 0 Å². The second-order valence-corrected chi connectivity index (χ2v) is 2.97. The molecule has 0 aliphatic rings. The van der Waals surface area contributed by atoms with Crippen molar-refractivity contribution in [2.75, 3.05) is 19.6 Å². The molecule has 12 heavy (non-hydrogen) atoms. The molecular formula is C10H18N2. The highest BCUT2D eigenvalue weighted by molar-refractivity contribution is 4.97. The normalized spacial score (nSPS) is 9.83. The van der Waals surface area contributed by atoms with Crippen LogP contribution in [0.15, 0.2) is 12.2 Å². The lowest BCUT2D eigenvalue weighted by Gasteiger charge is -2.18. The van der Waals surface area contributed by atoms with Crippen LogP contribution < -0.4 is 0 Å². The van der Waals surface area contributed by atoms with E-state index in [2.05, 4.69) is 31.4 Å². The minimum absolute atomic E-state index is 0.521. The number of hydrogen-bond acceptors (Lipinski definition) is 2. The molecule has 0 unspecified atom stereocenters. The van der Waals surface area contributed by atoms with Gasteiger partial charge in [-0.05, 0) is 19.4 Å². The summed E-state index contributed by atoms with van der Waals surface area (Å²) >= 11 is 0. The predicted octanol–water partition coefficient (Wildman–Crippen LogP) is 2.19. The summed E-state index contributed by atoms with van der Waals surface area (Å²) in [5.74, 6) is 0. The number of nitriles is 1. The summed E-state index contributed by atoms with van der Waals surface area (Å²) in [6.45, 7) is 10.5. The van der Waals surface area contributed by atoms with E-state index in [1.807, 2.05) is 0 Å². The van der Waals surface area contributed by atoms with Gasteiger partial charge in [0.15, 0.2) is 0 Å². The second-order valence-electron chi connectivity index (χ2n) is 2.97. The van der Waals surface area contributed by atoms with E-state index in [1.54, 1.807) is 0 Å². The van der Waals surface area contributed by atoms with Crippen molar-refractivity contribution in [3.63, 3.8) is 0 Å². The molecule has 0 aliphatic heterocycles. The summed E-state index contributed by atoms with van der Waals surface area (Å²) in [6.07, 6.45) is 2.10. The zero-order valence-electron chi connectivity index (χ0n) is 8.14. The van der Waals surface area contributed by atoms with Gasteiger partial charge in [-0.15, -0.1) is 0 Å². The number of rotatable bonds is 6. The first-order chi connectivity index (χ1) is 5.74. The van der Waals surface area contributed by atoms with Gasteiger partial charge in [0.05, 0.1) is 12.6 Å². The van der Waals surface area contributed by atoms with Gasteiger partial charge < -0.3 is 0 Å². The molecular weight excluding hydrogens is 148 g/mol. The topological polar surface area (TPSA) is 27.0 Å². The molecule has 0 amide bonds. The van der Waals surface area contributed by atoms with E-state index in [0.717, 1.165) is 25.9 Å². The molecule has 2 nitrogen and oxygen atoms in total. The quantitative estimate of drug-likeness (QED) is 0.447. The Balaban J connectivity index is 3.78. The van der Waals surface area contributed by atoms with Crippen molar-refractivity contribution >= 4 is 0 Å². The Morgan fingerprint density at radius 3 is 2.58 bits per heavy atom. The van der Waals surface area contributed by atoms with Crippen LogP contribution in [0.1, 0.15) is 26.7 Å². The van der Waals surface area contributed by atoms with E-state index in [-0.39, 0.29) is 0 Å². The molecule has 0 rings (SSSR count). The molecule has 0 atom stereocenters. The van der Waals surface area contributed by atoms with Gasteiger partial charge in [0.25, 0.3) is 0 Å². The Labute approximate surface area is 75.5 Å². The summed E-state index contributed by atoms with van der Waals surface area (Å²) in [5, 5.41) is 8.53. The van der Waals surface area contributed by atoms with Crippen LogP contribution >= 0.6 is 0 Å². The highest BCUT2D eigenvalue weighted by Crippen LogP contribution is 2.01. The lowest BCUT2D eigenvalue weighted by molar-refractivity contribution is 0.330. The van der Waals surface area contributed by atoms with Crippen LogP contribution in [-0.2, 0) is 0 Å². The average Bonchev–Trinajstić information content (AvgIpc) is 2.05. The van der Waals surface area contributed by atoms with Crippen LogP contribution in [-0.4, -0.2) is 24.5 Å². The molecule has 0 saturated heterocycles. The van der Waals surface area contributed by atoms with Crippen LogP contribution in [0, 0.1) is 11.3 Å². The van der Waals surface area contributed by atoms with Crippen LogP contribution in [0.3, 0.4) is 0 Å². The maximum atomic E-state index is 8.53. The third kappa shape index (κ3) is 4.92. The van der Waals surface area contributed by atoms with Gasteiger partial charge in [-0.1, -0.05) is 26.0 Å². The van der Waals surface area contributed by atoms with Crippen molar-refractivity contribution in [2.24, 2.45) is 0 Å². The van der Waals surface area contributed by atoms with Gasteiger partial charge in [-0.2, -0.15) is 5.26 Å². The molecule has 68 valence electrons. The fraction of sp³-hybridized carbons (Fsp3) is 0.700. The molecule has 0 fully saturated rings. The molecule has 0 heterocycles. The standard InChI is InChI=1S/C10H18N2/c1-4-7-12(8-6-11)9-10(3)5-2/h3-5,7-9H2,1-2H3. The zero-order chi connectivity index (χ0) is 9.40. The van der Waals surface area contributed by atoms with Gasteiger partial charge in [0, 0.05) is 6.54 Å². The Bertz CT molecular complexity index is 167. The SMILES string of the molecule is C=C(CC)CN(CC#N)CCC. The first-order valence-electron chi connectivity index (χ1n) is 4.50. The summed E-state index contributed by atoms with van der Waals surface area (Å²) in [5.41, 5.74) is 1.21. The molecule has 0 aromatic carbocycles. The molecule has 0 bridgehead atoms.